The average molecular weight is 654 g/mol. The Hall–Kier alpha value is -3.96. The predicted octanol–water partition coefficient (Wildman–Crippen LogP) is 7.65. The van der Waals surface area contributed by atoms with Crippen LogP contribution in [0, 0.1) is 23.2 Å². The van der Waals surface area contributed by atoms with Crippen LogP contribution in [0.25, 0.3) is 28.1 Å². The number of nitrogens with one attached hydrogen (secondary N) is 1. The molecule has 14 heteroatoms. The number of allylic oxidation sites excluding steroid dienone is 2. The molecule has 7 nitrogen and oxygen atoms in total. The number of nitrogens with zero attached hydrogens (tertiary/aromatic N) is 4. The first-order chi connectivity index (χ1) is 21.0. The van der Waals surface area contributed by atoms with Gasteiger partial charge in [-0.15, -0.1) is 0 Å². The van der Waals surface area contributed by atoms with Gasteiger partial charge >= 0.3 is 12.4 Å². The van der Waals surface area contributed by atoms with E-state index in [1.165, 1.54) is 29.0 Å². The van der Waals surface area contributed by atoms with Crippen LogP contribution in [0.3, 0.4) is 0 Å². The van der Waals surface area contributed by atoms with E-state index in [1.807, 2.05) is 26.0 Å². The van der Waals surface area contributed by atoms with Gasteiger partial charge in [0.25, 0.3) is 0 Å². The van der Waals surface area contributed by atoms with Crippen LogP contribution in [0.15, 0.2) is 65.1 Å². The summed E-state index contributed by atoms with van der Waals surface area (Å²) in [6, 6.07) is 7.46. The molecule has 3 aromatic rings. The molecule has 0 aliphatic heterocycles. The van der Waals surface area contributed by atoms with Gasteiger partial charge < -0.3 is 5.32 Å². The minimum absolute atomic E-state index is 0.0155. The molecule has 0 saturated heterocycles. The molecule has 2 unspecified atom stereocenters. The van der Waals surface area contributed by atoms with Gasteiger partial charge in [0.2, 0.25) is 0 Å². The maximum absolute atomic E-state index is 13.6. The Morgan fingerprint density at radius 2 is 1.87 bits per heavy atom. The van der Waals surface area contributed by atoms with E-state index in [-0.39, 0.29) is 64.0 Å². The molecule has 0 amide bonds. The fraction of sp³-hybridized carbons (Fsp3) is 0.387. The number of aliphatic imine (C=N–C) groups is 1. The van der Waals surface area contributed by atoms with Crippen LogP contribution in [0.4, 0.5) is 26.3 Å². The fourth-order valence-electron chi connectivity index (χ4n) is 4.29. The van der Waals surface area contributed by atoms with Crippen molar-refractivity contribution in [3.05, 3.63) is 66.4 Å². The second kappa shape index (κ2) is 14.4. The minimum Gasteiger partial charge on any atom is -0.316 e. The number of aromatic nitrogens is 2. The standard InChI is InChI=1S/C31H33F6N5O2S/c1-5-20(2)7-6-13-40-22(4)42-28-11-8-23(31(35,36)37)17-25(28)26(18-38)29(42)27-10-9-24(19-41-27)45(43,44)16-15-39-14-12-21(3)30(32,33)34/h6-11,13,17,19-21,39H,4-5,12,14-16H2,1-3H3. The van der Waals surface area contributed by atoms with Crippen LogP contribution < -0.4 is 5.32 Å². The van der Waals surface area contributed by atoms with E-state index < -0.39 is 39.4 Å². The van der Waals surface area contributed by atoms with Gasteiger partial charge in [0.15, 0.2) is 9.84 Å². The number of rotatable bonds is 13. The molecule has 1 aromatic carbocycles. The molecule has 1 N–H and O–H groups in total. The SMILES string of the molecule is C=C(N=CC=CC(C)CC)n1c(-c2ccc(S(=O)(=O)CCNCCC(C)C(F)(F)F)cn2)c(C#N)c2cc(C(F)(F)F)ccc21. The van der Waals surface area contributed by atoms with Crippen LogP contribution in [-0.4, -0.2) is 49.2 Å². The summed E-state index contributed by atoms with van der Waals surface area (Å²) in [5, 5.41) is 12.7. The smallest absolute Gasteiger partial charge is 0.316 e. The van der Waals surface area contributed by atoms with Crippen molar-refractivity contribution in [2.45, 2.75) is 50.9 Å². The molecule has 0 radical (unpaired) electrons. The zero-order valence-corrected chi connectivity index (χ0v) is 25.7. The molecule has 2 aromatic heterocycles. The summed E-state index contributed by atoms with van der Waals surface area (Å²) in [4.78, 5) is 8.37. The van der Waals surface area contributed by atoms with E-state index in [0.29, 0.717) is 0 Å². The summed E-state index contributed by atoms with van der Waals surface area (Å²) in [6.07, 6.45) is -2.14. The number of hydrogen-bond donors (Lipinski definition) is 1. The number of sulfone groups is 1. The van der Waals surface area contributed by atoms with Crippen LogP contribution in [-0.2, 0) is 16.0 Å². The Morgan fingerprint density at radius 3 is 2.44 bits per heavy atom. The third kappa shape index (κ3) is 8.82. The van der Waals surface area contributed by atoms with E-state index in [4.69, 9.17) is 0 Å². The molecule has 0 spiro atoms. The monoisotopic (exact) mass is 653 g/mol. The second-order valence-electron chi connectivity index (χ2n) is 10.5. The lowest BCUT2D eigenvalue weighted by atomic mass is 10.1. The Kier molecular flexibility index (Phi) is 11.4. The van der Waals surface area contributed by atoms with Crippen LogP contribution in [0.5, 0.6) is 0 Å². The van der Waals surface area contributed by atoms with Crippen molar-refractivity contribution in [2.75, 3.05) is 18.8 Å². The van der Waals surface area contributed by atoms with Crippen LogP contribution in [0.2, 0.25) is 0 Å². The Morgan fingerprint density at radius 1 is 1.16 bits per heavy atom. The third-order valence-corrected chi connectivity index (χ3v) is 8.96. The molecule has 242 valence electrons. The van der Waals surface area contributed by atoms with Gasteiger partial charge in [0.05, 0.1) is 44.6 Å². The first-order valence-corrected chi connectivity index (χ1v) is 15.7. The van der Waals surface area contributed by atoms with Crippen molar-refractivity contribution >= 4 is 32.8 Å². The zero-order chi connectivity index (χ0) is 33.6. The molecule has 0 aliphatic rings. The molecular weight excluding hydrogens is 620 g/mol. The fourth-order valence-corrected chi connectivity index (χ4v) is 5.43. The van der Waals surface area contributed by atoms with E-state index in [0.717, 1.165) is 31.7 Å². The minimum atomic E-state index is -4.67. The summed E-state index contributed by atoms with van der Waals surface area (Å²) >= 11 is 0. The number of fused-ring (bicyclic) bond motifs is 1. The Bertz CT molecular complexity index is 1720. The van der Waals surface area contributed by atoms with Crippen molar-refractivity contribution in [3.8, 4) is 17.5 Å². The summed E-state index contributed by atoms with van der Waals surface area (Å²) in [5.41, 5.74) is -0.725. The van der Waals surface area contributed by atoms with Gasteiger partial charge in [0.1, 0.15) is 11.9 Å². The highest BCUT2D eigenvalue weighted by molar-refractivity contribution is 7.91. The Balaban J connectivity index is 1.97. The number of halogens is 6. The first kappa shape index (κ1) is 35.5. The summed E-state index contributed by atoms with van der Waals surface area (Å²) in [5.74, 6) is -1.58. The van der Waals surface area contributed by atoms with Gasteiger partial charge in [-0.3, -0.25) is 9.55 Å². The number of nitriles is 1. The largest absolute Gasteiger partial charge is 0.416 e. The highest BCUT2D eigenvalue weighted by Crippen LogP contribution is 2.39. The van der Waals surface area contributed by atoms with E-state index in [9.17, 15) is 40.0 Å². The molecule has 3 rings (SSSR count). The number of benzene rings is 1. The second-order valence-corrected chi connectivity index (χ2v) is 12.7. The van der Waals surface area contributed by atoms with Crippen LogP contribution in [0.1, 0.15) is 44.7 Å². The first-order valence-electron chi connectivity index (χ1n) is 14.0. The maximum Gasteiger partial charge on any atom is 0.416 e. The molecule has 0 saturated carbocycles. The van der Waals surface area contributed by atoms with Gasteiger partial charge in [-0.25, -0.2) is 13.4 Å². The van der Waals surface area contributed by atoms with Gasteiger partial charge in [-0.1, -0.05) is 39.8 Å². The van der Waals surface area contributed by atoms with E-state index >= 15 is 0 Å². The number of hydrogen-bond acceptors (Lipinski definition) is 6. The van der Waals surface area contributed by atoms with E-state index in [2.05, 4.69) is 21.9 Å². The van der Waals surface area contributed by atoms with Crippen molar-refractivity contribution < 1.29 is 34.8 Å². The average Bonchev–Trinajstić information content (AvgIpc) is 3.31. The van der Waals surface area contributed by atoms with Crippen LogP contribution >= 0.6 is 0 Å². The third-order valence-electron chi connectivity index (χ3n) is 7.26. The van der Waals surface area contributed by atoms with Crippen molar-refractivity contribution in [1.29, 1.82) is 5.26 Å². The molecule has 0 bridgehead atoms. The quantitative estimate of drug-likeness (QED) is 0.116. The number of pyridine rings is 1. The predicted molar refractivity (Wildman–Crippen MR) is 162 cm³/mol. The van der Waals surface area contributed by atoms with Gasteiger partial charge in [0, 0.05) is 24.3 Å². The molecule has 0 aliphatic carbocycles. The molecular formula is C31H33F6N5O2S. The van der Waals surface area contributed by atoms with E-state index in [1.54, 1.807) is 6.08 Å². The molecule has 45 heavy (non-hydrogen) atoms. The van der Waals surface area contributed by atoms with Crippen molar-refractivity contribution in [1.82, 2.24) is 14.9 Å². The molecule has 2 heterocycles. The molecule has 0 fully saturated rings. The van der Waals surface area contributed by atoms with Gasteiger partial charge in [-0.2, -0.15) is 31.6 Å². The summed E-state index contributed by atoms with van der Waals surface area (Å²) in [6.45, 7) is 8.92. The van der Waals surface area contributed by atoms with Crippen molar-refractivity contribution in [2.24, 2.45) is 16.8 Å². The number of alkyl halides is 6. The normalized spacial score (nSPS) is 14.3. The maximum atomic E-state index is 13.6. The lowest BCUT2D eigenvalue weighted by molar-refractivity contribution is -0.170. The van der Waals surface area contributed by atoms with Crippen molar-refractivity contribution in [3.63, 3.8) is 0 Å². The Labute approximate surface area is 257 Å². The molecule has 2 atom stereocenters. The lowest BCUT2D eigenvalue weighted by Crippen LogP contribution is -2.28. The lowest BCUT2D eigenvalue weighted by Gasteiger charge is -2.15. The highest BCUT2D eigenvalue weighted by atomic mass is 32.2. The zero-order valence-electron chi connectivity index (χ0n) is 24.9. The topological polar surface area (TPSA) is 100 Å². The highest BCUT2D eigenvalue weighted by Gasteiger charge is 2.35. The summed E-state index contributed by atoms with van der Waals surface area (Å²) < 4.78 is 106. The summed E-state index contributed by atoms with van der Waals surface area (Å²) in [7, 11) is -3.89. The van der Waals surface area contributed by atoms with Gasteiger partial charge in [-0.05, 0) is 55.3 Å².